The minimum absolute atomic E-state index is 0.0379. The van der Waals surface area contributed by atoms with Gasteiger partial charge in [0.1, 0.15) is 16.9 Å². The molecule has 0 radical (unpaired) electrons. The Labute approximate surface area is 149 Å². The van der Waals surface area contributed by atoms with Gasteiger partial charge in [0.05, 0.1) is 11.1 Å². The van der Waals surface area contributed by atoms with Crippen LogP contribution in [-0.4, -0.2) is 15.9 Å². The summed E-state index contributed by atoms with van der Waals surface area (Å²) in [5.74, 6) is -0.490. The average Bonchev–Trinajstić information content (AvgIpc) is 2.57. The molecule has 24 heavy (non-hydrogen) atoms. The molecule has 1 aromatic carbocycles. The van der Waals surface area contributed by atoms with E-state index in [9.17, 15) is 4.79 Å². The minimum atomic E-state index is -0.490. The van der Waals surface area contributed by atoms with Crippen LogP contribution in [0.2, 0.25) is 10.3 Å². The lowest BCUT2D eigenvalue weighted by Crippen LogP contribution is -2.06. The maximum Gasteiger partial charge on any atom is 0.340 e. The van der Waals surface area contributed by atoms with Gasteiger partial charge in [-0.1, -0.05) is 35.3 Å². The molecule has 0 fully saturated rings. The zero-order chi connectivity index (χ0) is 17.3. The van der Waals surface area contributed by atoms with E-state index in [2.05, 4.69) is 9.97 Å². The molecule has 0 unspecified atom stereocenters. The molecule has 0 amide bonds. The quantitative estimate of drug-likeness (QED) is 0.491. The van der Waals surface area contributed by atoms with Crippen molar-refractivity contribution in [3.8, 4) is 0 Å². The summed E-state index contributed by atoms with van der Waals surface area (Å²) >= 11 is 11.9. The number of nitrogens with zero attached hydrogens (tertiary/aromatic N) is 2. The SMILES string of the molecule is Cc1ccc2cc(COC(=O)c3ccc(Cl)nc3)c(Cl)nc2c1C. The van der Waals surface area contributed by atoms with Crippen molar-refractivity contribution >= 4 is 40.1 Å². The number of benzene rings is 1. The third kappa shape index (κ3) is 3.35. The summed E-state index contributed by atoms with van der Waals surface area (Å²) in [6, 6.07) is 9.00. The second-order valence-electron chi connectivity index (χ2n) is 5.46. The zero-order valence-corrected chi connectivity index (χ0v) is 14.6. The zero-order valence-electron chi connectivity index (χ0n) is 13.1. The van der Waals surface area contributed by atoms with Gasteiger partial charge in [-0.2, -0.15) is 0 Å². The third-order valence-corrected chi connectivity index (χ3v) is 4.41. The average molecular weight is 361 g/mol. The summed E-state index contributed by atoms with van der Waals surface area (Å²) in [7, 11) is 0. The Morgan fingerprint density at radius 1 is 1.17 bits per heavy atom. The summed E-state index contributed by atoms with van der Waals surface area (Å²) in [6.45, 7) is 4.07. The van der Waals surface area contributed by atoms with Gasteiger partial charge in [0.25, 0.3) is 0 Å². The largest absolute Gasteiger partial charge is 0.457 e. The highest BCUT2D eigenvalue weighted by Crippen LogP contribution is 2.25. The number of aromatic nitrogens is 2. The fourth-order valence-electron chi connectivity index (χ4n) is 2.33. The standard InChI is InChI=1S/C18H14Cl2N2O2/c1-10-3-4-12-7-14(17(20)22-16(12)11(10)2)9-24-18(23)13-5-6-15(19)21-8-13/h3-8H,9H2,1-2H3. The number of fused-ring (bicyclic) bond motifs is 1. The number of pyridine rings is 2. The highest BCUT2D eigenvalue weighted by atomic mass is 35.5. The molecule has 2 aromatic heterocycles. The number of aryl methyl sites for hydroxylation is 2. The summed E-state index contributed by atoms with van der Waals surface area (Å²) in [5, 5.41) is 1.61. The molecule has 4 nitrogen and oxygen atoms in total. The van der Waals surface area contributed by atoms with Crippen LogP contribution in [0.1, 0.15) is 27.0 Å². The van der Waals surface area contributed by atoms with Gasteiger partial charge in [-0.3, -0.25) is 0 Å². The third-order valence-electron chi connectivity index (χ3n) is 3.86. The maximum atomic E-state index is 12.0. The van der Waals surface area contributed by atoms with E-state index in [1.807, 2.05) is 32.0 Å². The number of carbonyl (C=O) groups is 1. The van der Waals surface area contributed by atoms with Gasteiger partial charge < -0.3 is 4.74 Å². The Balaban J connectivity index is 1.82. The van der Waals surface area contributed by atoms with Gasteiger partial charge >= 0.3 is 5.97 Å². The normalized spacial score (nSPS) is 10.8. The maximum absolute atomic E-state index is 12.0. The second-order valence-corrected chi connectivity index (χ2v) is 6.21. The lowest BCUT2D eigenvalue weighted by molar-refractivity contribution is 0.0472. The van der Waals surface area contributed by atoms with Crippen LogP contribution in [0, 0.1) is 13.8 Å². The van der Waals surface area contributed by atoms with Crippen molar-refractivity contribution in [1.82, 2.24) is 9.97 Å². The predicted octanol–water partition coefficient (Wildman–Crippen LogP) is 4.91. The monoisotopic (exact) mass is 360 g/mol. The van der Waals surface area contributed by atoms with E-state index in [0.717, 1.165) is 22.0 Å². The first-order valence-electron chi connectivity index (χ1n) is 7.29. The Morgan fingerprint density at radius 2 is 1.96 bits per heavy atom. The summed E-state index contributed by atoms with van der Waals surface area (Å²) in [5.41, 5.74) is 4.08. The van der Waals surface area contributed by atoms with E-state index in [0.29, 0.717) is 21.4 Å². The van der Waals surface area contributed by atoms with E-state index in [1.165, 1.54) is 12.3 Å². The summed E-state index contributed by atoms with van der Waals surface area (Å²) in [4.78, 5) is 20.3. The number of rotatable bonds is 3. The molecule has 0 spiro atoms. The highest BCUT2D eigenvalue weighted by molar-refractivity contribution is 6.30. The van der Waals surface area contributed by atoms with E-state index in [4.69, 9.17) is 27.9 Å². The van der Waals surface area contributed by atoms with Crippen molar-refractivity contribution in [2.24, 2.45) is 0 Å². The van der Waals surface area contributed by atoms with Crippen LogP contribution < -0.4 is 0 Å². The molecule has 0 N–H and O–H groups in total. The minimum Gasteiger partial charge on any atom is -0.457 e. The highest BCUT2D eigenvalue weighted by Gasteiger charge is 2.12. The van der Waals surface area contributed by atoms with Gasteiger partial charge in [0, 0.05) is 17.1 Å². The van der Waals surface area contributed by atoms with E-state index in [1.54, 1.807) is 6.07 Å². The van der Waals surface area contributed by atoms with E-state index >= 15 is 0 Å². The molecular formula is C18H14Cl2N2O2. The van der Waals surface area contributed by atoms with Crippen molar-refractivity contribution in [3.05, 3.63) is 69.1 Å². The van der Waals surface area contributed by atoms with Crippen LogP contribution in [-0.2, 0) is 11.3 Å². The number of hydrogen-bond acceptors (Lipinski definition) is 4. The van der Waals surface area contributed by atoms with Crippen molar-refractivity contribution in [1.29, 1.82) is 0 Å². The lowest BCUT2D eigenvalue weighted by Gasteiger charge is -2.10. The molecule has 0 aliphatic carbocycles. The molecule has 0 aliphatic rings. The molecule has 2 heterocycles. The number of ether oxygens (including phenoxy) is 1. The number of hydrogen-bond donors (Lipinski definition) is 0. The molecule has 3 aromatic rings. The van der Waals surface area contributed by atoms with Crippen molar-refractivity contribution in [2.45, 2.75) is 20.5 Å². The van der Waals surface area contributed by atoms with Gasteiger partial charge in [-0.15, -0.1) is 0 Å². The molecule has 0 atom stereocenters. The van der Waals surface area contributed by atoms with Crippen LogP contribution in [0.15, 0.2) is 36.5 Å². The van der Waals surface area contributed by atoms with Crippen molar-refractivity contribution in [3.63, 3.8) is 0 Å². The molecule has 6 heteroatoms. The molecule has 3 rings (SSSR count). The van der Waals surface area contributed by atoms with Crippen LogP contribution in [0.5, 0.6) is 0 Å². The number of halogens is 2. The Hall–Kier alpha value is -2.17. The molecular weight excluding hydrogens is 347 g/mol. The van der Waals surface area contributed by atoms with E-state index < -0.39 is 5.97 Å². The van der Waals surface area contributed by atoms with Gasteiger partial charge in [-0.25, -0.2) is 14.8 Å². The molecule has 0 saturated carbocycles. The lowest BCUT2D eigenvalue weighted by atomic mass is 10.0. The van der Waals surface area contributed by atoms with Crippen LogP contribution in [0.3, 0.4) is 0 Å². The fraction of sp³-hybridized carbons (Fsp3) is 0.167. The molecule has 0 saturated heterocycles. The van der Waals surface area contributed by atoms with Crippen molar-refractivity contribution in [2.75, 3.05) is 0 Å². The van der Waals surface area contributed by atoms with Crippen LogP contribution in [0.25, 0.3) is 10.9 Å². The molecule has 122 valence electrons. The Bertz CT molecular complexity index is 924. The van der Waals surface area contributed by atoms with Gasteiger partial charge in [-0.05, 0) is 43.2 Å². The molecule has 0 aliphatic heterocycles. The molecule has 0 bridgehead atoms. The van der Waals surface area contributed by atoms with Crippen LogP contribution >= 0.6 is 23.2 Å². The topological polar surface area (TPSA) is 52.1 Å². The van der Waals surface area contributed by atoms with Crippen molar-refractivity contribution < 1.29 is 9.53 Å². The predicted molar refractivity (Wildman–Crippen MR) is 94.6 cm³/mol. The Morgan fingerprint density at radius 3 is 2.67 bits per heavy atom. The summed E-state index contributed by atoms with van der Waals surface area (Å²) in [6.07, 6.45) is 1.37. The van der Waals surface area contributed by atoms with Gasteiger partial charge in [0.2, 0.25) is 0 Å². The number of esters is 1. The fourth-order valence-corrected chi connectivity index (χ4v) is 2.63. The first-order valence-corrected chi connectivity index (χ1v) is 8.05. The summed E-state index contributed by atoms with van der Waals surface area (Å²) < 4.78 is 5.29. The first-order chi connectivity index (χ1) is 11.5. The van der Waals surface area contributed by atoms with Crippen LogP contribution in [0.4, 0.5) is 0 Å². The second kappa shape index (κ2) is 6.75. The van der Waals surface area contributed by atoms with E-state index in [-0.39, 0.29) is 6.61 Å². The smallest absolute Gasteiger partial charge is 0.340 e. The first kappa shape index (κ1) is 16.7. The number of carbonyl (C=O) groups excluding carboxylic acids is 1. The van der Waals surface area contributed by atoms with Gasteiger partial charge in [0.15, 0.2) is 0 Å². The Kier molecular flexibility index (Phi) is 4.69.